The maximum atomic E-state index is 12.8. The highest BCUT2D eigenvalue weighted by molar-refractivity contribution is 5.48. The molecule has 94 valence electrons. The quantitative estimate of drug-likeness (QED) is 0.814. The Bertz CT molecular complexity index is 376. The third-order valence-corrected chi connectivity index (χ3v) is 3.22. The van der Waals surface area contributed by atoms with Crippen LogP contribution in [0.1, 0.15) is 37.7 Å². The summed E-state index contributed by atoms with van der Waals surface area (Å²) in [5.74, 6) is 0.777. The maximum Gasteiger partial charge on any atom is 0.267 e. The average Bonchev–Trinajstić information content (AvgIpc) is 2.80. The van der Waals surface area contributed by atoms with E-state index < -0.39 is 6.43 Å². The van der Waals surface area contributed by atoms with Crippen LogP contribution < -0.4 is 10.5 Å². The van der Waals surface area contributed by atoms with Crippen molar-refractivity contribution < 1.29 is 13.5 Å². The largest absolute Gasteiger partial charge is 0.493 e. The summed E-state index contributed by atoms with van der Waals surface area (Å²) in [6.07, 6.45) is 2.17. The lowest BCUT2D eigenvalue weighted by Gasteiger charge is -2.14. The van der Waals surface area contributed by atoms with Crippen molar-refractivity contribution in [2.75, 3.05) is 12.3 Å². The van der Waals surface area contributed by atoms with Crippen LogP contribution >= 0.6 is 0 Å². The summed E-state index contributed by atoms with van der Waals surface area (Å²) >= 11 is 0. The predicted octanol–water partition coefficient (Wildman–Crippen LogP) is 3.78. The summed E-state index contributed by atoms with van der Waals surface area (Å²) in [6.45, 7) is 0.531. The number of hydrogen-bond donors (Lipinski definition) is 1. The number of anilines is 1. The fourth-order valence-corrected chi connectivity index (χ4v) is 2.25. The van der Waals surface area contributed by atoms with Crippen molar-refractivity contribution in [2.45, 2.75) is 32.1 Å². The number of halogens is 2. The van der Waals surface area contributed by atoms with Crippen LogP contribution in [0.3, 0.4) is 0 Å². The van der Waals surface area contributed by atoms with Gasteiger partial charge in [0.05, 0.1) is 12.2 Å². The summed E-state index contributed by atoms with van der Waals surface area (Å²) in [5, 5.41) is 0. The second-order valence-corrected chi connectivity index (χ2v) is 4.56. The molecule has 2 nitrogen and oxygen atoms in total. The standard InChI is InChI=1S/C13H17F2NO/c14-13(15)11-7-10(16)5-6-12(11)17-8-9-3-1-2-4-9/h5-7,9,13H,1-4,8,16H2. The number of hydrogen-bond acceptors (Lipinski definition) is 2. The van der Waals surface area contributed by atoms with Crippen LogP contribution in [0.5, 0.6) is 5.75 Å². The molecule has 0 aromatic heterocycles. The van der Waals surface area contributed by atoms with E-state index in [1.165, 1.54) is 25.0 Å². The minimum Gasteiger partial charge on any atom is -0.493 e. The molecule has 1 aromatic carbocycles. The van der Waals surface area contributed by atoms with Crippen LogP contribution in [0, 0.1) is 5.92 Å². The highest BCUT2D eigenvalue weighted by Gasteiger charge is 2.18. The third kappa shape index (κ3) is 3.08. The van der Waals surface area contributed by atoms with Gasteiger partial charge in [-0.05, 0) is 37.0 Å². The van der Waals surface area contributed by atoms with Crippen LogP contribution in [0.2, 0.25) is 0 Å². The topological polar surface area (TPSA) is 35.2 Å². The van der Waals surface area contributed by atoms with Crippen LogP contribution in [0.15, 0.2) is 18.2 Å². The fraction of sp³-hybridized carbons (Fsp3) is 0.538. The smallest absolute Gasteiger partial charge is 0.267 e. The van der Waals surface area contributed by atoms with Crippen molar-refractivity contribution in [3.8, 4) is 5.75 Å². The molecule has 1 aliphatic rings. The molecule has 0 saturated heterocycles. The van der Waals surface area contributed by atoms with Crippen molar-refractivity contribution in [3.05, 3.63) is 23.8 Å². The molecule has 1 aliphatic carbocycles. The van der Waals surface area contributed by atoms with Gasteiger partial charge in [0.25, 0.3) is 6.43 Å². The van der Waals surface area contributed by atoms with E-state index in [1.54, 1.807) is 6.07 Å². The van der Waals surface area contributed by atoms with Gasteiger partial charge < -0.3 is 10.5 Å². The monoisotopic (exact) mass is 241 g/mol. The Balaban J connectivity index is 2.03. The molecule has 0 aliphatic heterocycles. The van der Waals surface area contributed by atoms with Crippen LogP contribution in [-0.2, 0) is 0 Å². The normalized spacial score (nSPS) is 16.6. The number of nitrogens with two attached hydrogens (primary N) is 1. The summed E-state index contributed by atoms with van der Waals surface area (Å²) in [5.41, 5.74) is 5.73. The second-order valence-electron chi connectivity index (χ2n) is 4.56. The minimum absolute atomic E-state index is 0.108. The minimum atomic E-state index is -2.54. The summed E-state index contributed by atoms with van der Waals surface area (Å²) in [7, 11) is 0. The second kappa shape index (κ2) is 5.34. The lowest BCUT2D eigenvalue weighted by Crippen LogP contribution is -2.09. The van der Waals surface area contributed by atoms with Gasteiger partial charge >= 0.3 is 0 Å². The molecule has 4 heteroatoms. The van der Waals surface area contributed by atoms with Gasteiger partial charge in [-0.15, -0.1) is 0 Å². The van der Waals surface area contributed by atoms with Gasteiger partial charge in [0.2, 0.25) is 0 Å². The van der Waals surface area contributed by atoms with Crippen molar-refractivity contribution >= 4 is 5.69 Å². The lowest BCUT2D eigenvalue weighted by atomic mass is 10.1. The van der Waals surface area contributed by atoms with Gasteiger partial charge in [-0.2, -0.15) is 0 Å². The van der Waals surface area contributed by atoms with Crippen LogP contribution in [0.4, 0.5) is 14.5 Å². The van der Waals surface area contributed by atoms with Gasteiger partial charge in [-0.3, -0.25) is 0 Å². The molecule has 1 saturated carbocycles. The SMILES string of the molecule is Nc1ccc(OCC2CCCC2)c(C(F)F)c1. The molecule has 0 atom stereocenters. The Hall–Kier alpha value is -1.32. The van der Waals surface area contributed by atoms with E-state index in [4.69, 9.17) is 10.5 Å². The Morgan fingerprint density at radius 3 is 2.65 bits per heavy atom. The van der Waals surface area contributed by atoms with Crippen LogP contribution in [-0.4, -0.2) is 6.61 Å². The predicted molar refractivity (Wildman–Crippen MR) is 63.3 cm³/mol. The number of rotatable bonds is 4. The highest BCUT2D eigenvalue weighted by Crippen LogP contribution is 2.32. The molecule has 2 rings (SSSR count). The lowest BCUT2D eigenvalue weighted by molar-refractivity contribution is 0.143. The molecule has 1 fully saturated rings. The summed E-state index contributed by atoms with van der Waals surface area (Å²) in [4.78, 5) is 0. The highest BCUT2D eigenvalue weighted by atomic mass is 19.3. The van der Waals surface area contributed by atoms with Gasteiger partial charge in [0.1, 0.15) is 5.75 Å². The average molecular weight is 241 g/mol. The van der Waals surface area contributed by atoms with Crippen molar-refractivity contribution in [1.82, 2.24) is 0 Å². The van der Waals surface area contributed by atoms with Crippen molar-refractivity contribution in [3.63, 3.8) is 0 Å². The first-order chi connectivity index (χ1) is 8.16. The first kappa shape index (κ1) is 12.1. The zero-order valence-corrected chi connectivity index (χ0v) is 9.66. The molecule has 0 radical (unpaired) electrons. The maximum absolute atomic E-state index is 12.8. The molecule has 17 heavy (non-hydrogen) atoms. The molecular formula is C13H17F2NO. The molecule has 0 unspecified atom stereocenters. The van der Waals surface area contributed by atoms with E-state index in [0.717, 1.165) is 12.8 Å². The third-order valence-electron chi connectivity index (χ3n) is 3.22. The number of benzene rings is 1. The molecular weight excluding hydrogens is 224 g/mol. The van der Waals surface area contributed by atoms with Gasteiger partial charge in [0, 0.05) is 5.69 Å². The van der Waals surface area contributed by atoms with Crippen LogP contribution in [0.25, 0.3) is 0 Å². The van der Waals surface area contributed by atoms with E-state index in [9.17, 15) is 8.78 Å². The Morgan fingerprint density at radius 1 is 1.29 bits per heavy atom. The first-order valence-electron chi connectivity index (χ1n) is 5.97. The fourth-order valence-electron chi connectivity index (χ4n) is 2.25. The Morgan fingerprint density at radius 2 is 2.00 bits per heavy atom. The molecule has 0 amide bonds. The van der Waals surface area contributed by atoms with Crippen molar-refractivity contribution in [2.24, 2.45) is 5.92 Å². The zero-order valence-electron chi connectivity index (χ0n) is 9.66. The molecule has 1 aromatic rings. The molecule has 0 spiro atoms. The Kier molecular flexibility index (Phi) is 3.82. The van der Waals surface area contributed by atoms with Gasteiger partial charge in [-0.1, -0.05) is 12.8 Å². The van der Waals surface area contributed by atoms with E-state index in [0.29, 0.717) is 18.2 Å². The Labute approximate surface area is 99.8 Å². The van der Waals surface area contributed by atoms with E-state index >= 15 is 0 Å². The van der Waals surface area contributed by atoms with Gasteiger partial charge in [-0.25, -0.2) is 8.78 Å². The van der Waals surface area contributed by atoms with E-state index in [-0.39, 0.29) is 11.3 Å². The number of ether oxygens (including phenoxy) is 1. The zero-order chi connectivity index (χ0) is 12.3. The summed E-state index contributed by atoms with van der Waals surface area (Å²) < 4.78 is 31.0. The number of nitrogen functional groups attached to an aromatic ring is 1. The van der Waals surface area contributed by atoms with Gasteiger partial charge in [0.15, 0.2) is 0 Å². The first-order valence-corrected chi connectivity index (χ1v) is 5.97. The molecule has 0 bridgehead atoms. The van der Waals surface area contributed by atoms with Crippen molar-refractivity contribution in [1.29, 1.82) is 0 Å². The van der Waals surface area contributed by atoms with E-state index in [2.05, 4.69) is 0 Å². The summed E-state index contributed by atoms with van der Waals surface area (Å²) in [6, 6.07) is 4.41. The van der Waals surface area contributed by atoms with E-state index in [1.807, 2.05) is 0 Å². The molecule has 0 heterocycles. The number of alkyl halides is 2. The molecule has 2 N–H and O–H groups in total.